The summed E-state index contributed by atoms with van der Waals surface area (Å²) in [4.78, 5) is 4.24. The highest BCUT2D eigenvalue weighted by Gasteiger charge is 1.96. The standard InChI is InChI=1S/C14H16N2O/c15-13-5-3-4-12(10-13)11-17-9-7-14-6-1-2-8-16-14/h1-6,8,10H,7,9,11,15H2. The first kappa shape index (κ1) is 11.6. The number of nitrogen functional groups attached to an aromatic ring is 1. The molecule has 0 saturated carbocycles. The molecule has 3 nitrogen and oxygen atoms in total. The fourth-order valence-electron chi connectivity index (χ4n) is 1.60. The lowest BCUT2D eigenvalue weighted by atomic mass is 10.2. The van der Waals surface area contributed by atoms with Crippen LogP contribution in [0.5, 0.6) is 0 Å². The molecule has 1 aromatic carbocycles. The molecule has 0 aliphatic heterocycles. The Balaban J connectivity index is 1.73. The lowest BCUT2D eigenvalue weighted by Crippen LogP contribution is -2.00. The van der Waals surface area contributed by atoms with Crippen molar-refractivity contribution >= 4 is 5.69 Å². The van der Waals surface area contributed by atoms with E-state index in [1.807, 2.05) is 42.5 Å². The molecule has 0 aliphatic rings. The van der Waals surface area contributed by atoms with Crippen LogP contribution in [0.4, 0.5) is 5.69 Å². The lowest BCUT2D eigenvalue weighted by molar-refractivity contribution is 0.123. The molecule has 0 spiro atoms. The van der Waals surface area contributed by atoms with Gasteiger partial charge in [-0.1, -0.05) is 18.2 Å². The lowest BCUT2D eigenvalue weighted by Gasteiger charge is -2.04. The monoisotopic (exact) mass is 228 g/mol. The molecule has 3 heteroatoms. The zero-order valence-electron chi connectivity index (χ0n) is 9.67. The number of nitrogens with zero attached hydrogens (tertiary/aromatic N) is 1. The first-order chi connectivity index (χ1) is 8.34. The Morgan fingerprint density at radius 1 is 1.12 bits per heavy atom. The highest BCUT2D eigenvalue weighted by atomic mass is 16.5. The Labute approximate surface area is 101 Å². The van der Waals surface area contributed by atoms with E-state index in [0.29, 0.717) is 13.2 Å². The second-order valence-electron chi connectivity index (χ2n) is 3.87. The summed E-state index contributed by atoms with van der Waals surface area (Å²) in [6, 6.07) is 13.7. The summed E-state index contributed by atoms with van der Waals surface area (Å²) in [5.74, 6) is 0. The summed E-state index contributed by atoms with van der Waals surface area (Å²) >= 11 is 0. The summed E-state index contributed by atoms with van der Waals surface area (Å²) in [5, 5.41) is 0. The topological polar surface area (TPSA) is 48.1 Å². The smallest absolute Gasteiger partial charge is 0.0717 e. The van der Waals surface area contributed by atoms with E-state index < -0.39 is 0 Å². The molecule has 2 aromatic rings. The Hall–Kier alpha value is -1.87. The number of rotatable bonds is 5. The molecule has 0 unspecified atom stereocenters. The van der Waals surface area contributed by atoms with Crippen molar-refractivity contribution in [2.45, 2.75) is 13.0 Å². The number of pyridine rings is 1. The SMILES string of the molecule is Nc1cccc(COCCc2ccccn2)c1. The van der Waals surface area contributed by atoms with Gasteiger partial charge in [0.1, 0.15) is 0 Å². The van der Waals surface area contributed by atoms with Gasteiger partial charge in [0, 0.05) is 24.0 Å². The van der Waals surface area contributed by atoms with Gasteiger partial charge in [-0.25, -0.2) is 0 Å². The third-order valence-electron chi connectivity index (χ3n) is 2.45. The van der Waals surface area contributed by atoms with E-state index in [2.05, 4.69) is 4.98 Å². The van der Waals surface area contributed by atoms with Crippen LogP contribution in [0, 0.1) is 0 Å². The van der Waals surface area contributed by atoms with Crippen LogP contribution in [0.15, 0.2) is 48.7 Å². The highest BCUT2D eigenvalue weighted by Crippen LogP contribution is 2.07. The summed E-state index contributed by atoms with van der Waals surface area (Å²) in [7, 11) is 0. The number of hydrogen-bond acceptors (Lipinski definition) is 3. The maximum Gasteiger partial charge on any atom is 0.0717 e. The van der Waals surface area contributed by atoms with Crippen molar-refractivity contribution in [3.8, 4) is 0 Å². The van der Waals surface area contributed by atoms with Crippen molar-refractivity contribution in [2.75, 3.05) is 12.3 Å². The largest absolute Gasteiger partial charge is 0.399 e. The molecule has 17 heavy (non-hydrogen) atoms. The van der Waals surface area contributed by atoms with Crippen LogP contribution in [0.2, 0.25) is 0 Å². The second kappa shape index (κ2) is 6.01. The van der Waals surface area contributed by atoms with E-state index >= 15 is 0 Å². The molecule has 0 saturated heterocycles. The van der Waals surface area contributed by atoms with E-state index in [0.717, 1.165) is 23.4 Å². The van der Waals surface area contributed by atoms with Crippen molar-refractivity contribution in [1.29, 1.82) is 0 Å². The van der Waals surface area contributed by atoms with Crippen molar-refractivity contribution < 1.29 is 4.74 Å². The Morgan fingerprint density at radius 2 is 2.06 bits per heavy atom. The molecule has 0 fully saturated rings. The van der Waals surface area contributed by atoms with Crippen LogP contribution in [-0.2, 0) is 17.8 Å². The summed E-state index contributed by atoms with van der Waals surface area (Å²) in [5.41, 5.74) is 8.62. The second-order valence-corrected chi connectivity index (χ2v) is 3.87. The number of benzene rings is 1. The number of anilines is 1. The molecule has 2 rings (SSSR count). The number of nitrogens with two attached hydrogens (primary N) is 1. The van der Waals surface area contributed by atoms with Gasteiger partial charge < -0.3 is 10.5 Å². The van der Waals surface area contributed by atoms with E-state index in [-0.39, 0.29) is 0 Å². The average Bonchev–Trinajstić information content (AvgIpc) is 2.36. The molecule has 1 aromatic heterocycles. The minimum absolute atomic E-state index is 0.595. The third kappa shape index (κ3) is 3.89. The molecule has 0 atom stereocenters. The van der Waals surface area contributed by atoms with Gasteiger partial charge in [0.15, 0.2) is 0 Å². The molecule has 0 amide bonds. The van der Waals surface area contributed by atoms with Crippen molar-refractivity contribution in [2.24, 2.45) is 0 Å². The van der Waals surface area contributed by atoms with Gasteiger partial charge in [0.2, 0.25) is 0 Å². The molecule has 0 aliphatic carbocycles. The van der Waals surface area contributed by atoms with Gasteiger partial charge in [0.25, 0.3) is 0 Å². The molecule has 0 radical (unpaired) electrons. The minimum atomic E-state index is 0.595. The third-order valence-corrected chi connectivity index (χ3v) is 2.45. The maximum absolute atomic E-state index is 5.69. The first-order valence-corrected chi connectivity index (χ1v) is 5.66. The molecular weight excluding hydrogens is 212 g/mol. The van der Waals surface area contributed by atoms with Crippen molar-refractivity contribution in [1.82, 2.24) is 4.98 Å². The van der Waals surface area contributed by atoms with Crippen LogP contribution >= 0.6 is 0 Å². The van der Waals surface area contributed by atoms with E-state index in [9.17, 15) is 0 Å². The Morgan fingerprint density at radius 3 is 2.82 bits per heavy atom. The van der Waals surface area contributed by atoms with Crippen LogP contribution in [-0.4, -0.2) is 11.6 Å². The molecule has 2 N–H and O–H groups in total. The number of aromatic nitrogens is 1. The van der Waals surface area contributed by atoms with Gasteiger partial charge in [-0.05, 0) is 29.8 Å². The molecular formula is C14H16N2O. The van der Waals surface area contributed by atoms with Crippen LogP contribution in [0.3, 0.4) is 0 Å². The average molecular weight is 228 g/mol. The normalized spacial score (nSPS) is 10.4. The summed E-state index contributed by atoms with van der Waals surface area (Å²) < 4.78 is 5.58. The van der Waals surface area contributed by atoms with E-state index in [4.69, 9.17) is 10.5 Å². The van der Waals surface area contributed by atoms with Crippen molar-refractivity contribution in [3.05, 3.63) is 59.9 Å². The van der Waals surface area contributed by atoms with Gasteiger partial charge >= 0.3 is 0 Å². The van der Waals surface area contributed by atoms with Gasteiger partial charge in [-0.3, -0.25) is 4.98 Å². The predicted molar refractivity (Wildman–Crippen MR) is 68.5 cm³/mol. The Bertz CT molecular complexity index is 457. The fourth-order valence-corrected chi connectivity index (χ4v) is 1.60. The molecule has 88 valence electrons. The Kier molecular flexibility index (Phi) is 4.11. The van der Waals surface area contributed by atoms with Gasteiger partial charge in [0.05, 0.1) is 13.2 Å². The number of hydrogen-bond donors (Lipinski definition) is 1. The maximum atomic E-state index is 5.69. The first-order valence-electron chi connectivity index (χ1n) is 5.66. The quantitative estimate of drug-likeness (QED) is 0.631. The summed E-state index contributed by atoms with van der Waals surface area (Å²) in [6.07, 6.45) is 2.64. The fraction of sp³-hybridized carbons (Fsp3) is 0.214. The van der Waals surface area contributed by atoms with E-state index in [1.54, 1.807) is 6.20 Å². The molecule has 1 heterocycles. The zero-order valence-corrected chi connectivity index (χ0v) is 9.67. The van der Waals surface area contributed by atoms with Gasteiger partial charge in [-0.15, -0.1) is 0 Å². The number of ether oxygens (including phenoxy) is 1. The van der Waals surface area contributed by atoms with Crippen LogP contribution in [0.25, 0.3) is 0 Å². The minimum Gasteiger partial charge on any atom is -0.399 e. The predicted octanol–water partition coefficient (Wildman–Crippen LogP) is 2.42. The summed E-state index contributed by atoms with van der Waals surface area (Å²) in [6.45, 7) is 1.27. The zero-order chi connectivity index (χ0) is 11.9. The highest BCUT2D eigenvalue weighted by molar-refractivity contribution is 5.40. The van der Waals surface area contributed by atoms with E-state index in [1.165, 1.54) is 0 Å². The molecule has 0 bridgehead atoms. The van der Waals surface area contributed by atoms with Gasteiger partial charge in [-0.2, -0.15) is 0 Å². The van der Waals surface area contributed by atoms with Crippen molar-refractivity contribution in [3.63, 3.8) is 0 Å². The van der Waals surface area contributed by atoms with Crippen LogP contribution in [0.1, 0.15) is 11.3 Å². The van der Waals surface area contributed by atoms with Crippen LogP contribution < -0.4 is 5.73 Å².